The van der Waals surface area contributed by atoms with Crippen molar-refractivity contribution in [2.75, 3.05) is 27.9 Å². The zero-order valence-electron chi connectivity index (χ0n) is 16.8. The van der Waals surface area contributed by atoms with Gasteiger partial charge in [0.25, 0.3) is 0 Å². The molecule has 2 aromatic carbocycles. The monoisotopic (exact) mass is 496 g/mol. The molecule has 0 radical (unpaired) electrons. The van der Waals surface area contributed by atoms with E-state index in [0.29, 0.717) is 22.0 Å². The van der Waals surface area contributed by atoms with E-state index in [2.05, 4.69) is 20.6 Å². The number of nitrogens with two attached hydrogens (primary N) is 1. The molecule has 0 aliphatic carbocycles. The summed E-state index contributed by atoms with van der Waals surface area (Å²) in [5.74, 6) is -1.53. The highest BCUT2D eigenvalue weighted by atomic mass is 35.5. The van der Waals surface area contributed by atoms with E-state index in [1.165, 1.54) is 36.0 Å². The largest absolute Gasteiger partial charge is 0.471 e. The fourth-order valence-electron chi connectivity index (χ4n) is 2.63. The Morgan fingerprint density at radius 3 is 2.15 bits per heavy atom. The number of halogens is 4. The van der Waals surface area contributed by atoms with Crippen LogP contribution in [0.4, 0.5) is 40.8 Å². The average Bonchev–Trinajstić information content (AvgIpc) is 2.73. The van der Waals surface area contributed by atoms with Gasteiger partial charge in [-0.3, -0.25) is 4.79 Å². The first-order valence-corrected chi connectivity index (χ1v) is 10.7. The van der Waals surface area contributed by atoms with Crippen LogP contribution in [0.1, 0.15) is 0 Å². The van der Waals surface area contributed by atoms with Gasteiger partial charge in [0.05, 0.1) is 4.90 Å². The molecule has 0 bridgehead atoms. The van der Waals surface area contributed by atoms with Crippen LogP contribution in [0.2, 0.25) is 5.15 Å². The number of thioether (sulfide) groups is 1. The average molecular weight is 497 g/mol. The Hall–Kier alpha value is -3.51. The van der Waals surface area contributed by atoms with Gasteiger partial charge >= 0.3 is 18.1 Å². The van der Waals surface area contributed by atoms with Gasteiger partial charge in [0, 0.05) is 22.6 Å². The summed E-state index contributed by atoms with van der Waals surface area (Å²) in [6, 6.07) is 11.2. The Balaban J connectivity index is 1.65. The van der Waals surface area contributed by atoms with Gasteiger partial charge in [0.2, 0.25) is 0 Å². The Bertz CT molecular complexity index is 1170. The van der Waals surface area contributed by atoms with Crippen molar-refractivity contribution in [1.29, 1.82) is 0 Å². The summed E-state index contributed by atoms with van der Waals surface area (Å²) >= 11 is 7.46. The maximum atomic E-state index is 12.4. The van der Waals surface area contributed by atoms with Crippen molar-refractivity contribution >= 4 is 58.2 Å². The minimum absolute atomic E-state index is 0.120. The lowest BCUT2D eigenvalue weighted by Gasteiger charge is -2.11. The number of aromatic nitrogens is 2. The minimum Gasteiger partial charge on any atom is -0.383 e. The molecule has 3 amide bonds. The molecule has 1 heterocycles. The lowest BCUT2D eigenvalue weighted by atomic mass is 10.2. The second-order valence-corrected chi connectivity index (χ2v) is 7.62. The standard InChI is InChI=1S/C20H16ClF3N6O2S/c1-33-14-15(21)29-17(30-16(14)25)10-5-7-11(8-6-10)27-19(32)28-13-4-2-3-12(9-13)26-18(31)20(22,23)24/h2-9H,1H3,(H,26,31)(H2,25,29,30)(H2,27,28,32). The van der Waals surface area contributed by atoms with Gasteiger partial charge in [-0.2, -0.15) is 13.2 Å². The second-order valence-electron chi connectivity index (χ2n) is 6.45. The van der Waals surface area contributed by atoms with Gasteiger partial charge in [0.1, 0.15) is 11.0 Å². The lowest BCUT2D eigenvalue weighted by molar-refractivity contribution is -0.167. The molecule has 13 heteroatoms. The number of amides is 3. The van der Waals surface area contributed by atoms with Crippen molar-refractivity contribution in [1.82, 2.24) is 9.97 Å². The third-order valence-electron chi connectivity index (χ3n) is 4.09. The van der Waals surface area contributed by atoms with Crippen LogP contribution in [0.3, 0.4) is 0 Å². The molecule has 8 nitrogen and oxygen atoms in total. The van der Waals surface area contributed by atoms with Crippen LogP contribution in [0, 0.1) is 0 Å². The molecule has 172 valence electrons. The number of hydrogen-bond acceptors (Lipinski definition) is 6. The Morgan fingerprint density at radius 2 is 1.58 bits per heavy atom. The van der Waals surface area contributed by atoms with Crippen molar-refractivity contribution in [3.8, 4) is 11.4 Å². The maximum Gasteiger partial charge on any atom is 0.471 e. The molecule has 0 atom stereocenters. The van der Waals surface area contributed by atoms with Crippen molar-refractivity contribution in [3.05, 3.63) is 53.7 Å². The number of hydrogen-bond donors (Lipinski definition) is 4. The SMILES string of the molecule is CSc1c(N)nc(-c2ccc(NC(=O)Nc3cccc(NC(=O)C(F)(F)F)c3)cc2)nc1Cl. The normalized spacial score (nSPS) is 11.1. The van der Waals surface area contributed by atoms with Gasteiger partial charge in [-0.15, -0.1) is 11.8 Å². The maximum absolute atomic E-state index is 12.4. The molecule has 3 rings (SSSR count). The Morgan fingerprint density at radius 1 is 0.970 bits per heavy atom. The summed E-state index contributed by atoms with van der Waals surface area (Å²) in [6.45, 7) is 0. The predicted molar refractivity (Wildman–Crippen MR) is 122 cm³/mol. The van der Waals surface area contributed by atoms with E-state index in [1.807, 2.05) is 0 Å². The first kappa shape index (κ1) is 24.1. The number of nitrogens with one attached hydrogen (secondary N) is 3. The van der Waals surface area contributed by atoms with Gasteiger partial charge in [-0.25, -0.2) is 14.8 Å². The highest BCUT2D eigenvalue weighted by molar-refractivity contribution is 7.98. The molecule has 1 aromatic heterocycles. The topological polar surface area (TPSA) is 122 Å². The molecule has 0 spiro atoms. The number of rotatable bonds is 5. The number of carbonyl (C=O) groups excluding carboxylic acids is 2. The molecule has 5 N–H and O–H groups in total. The number of nitrogens with zero attached hydrogens (tertiary/aromatic N) is 2. The number of anilines is 4. The number of benzene rings is 2. The summed E-state index contributed by atoms with van der Waals surface area (Å²) in [4.78, 5) is 32.3. The van der Waals surface area contributed by atoms with E-state index in [4.69, 9.17) is 17.3 Å². The zero-order valence-corrected chi connectivity index (χ0v) is 18.4. The number of carbonyl (C=O) groups is 2. The van der Waals surface area contributed by atoms with Crippen molar-refractivity contribution in [3.63, 3.8) is 0 Å². The molecule has 0 saturated carbocycles. The van der Waals surface area contributed by atoms with Crippen LogP contribution in [-0.4, -0.2) is 34.3 Å². The summed E-state index contributed by atoms with van der Waals surface area (Å²) in [7, 11) is 0. The van der Waals surface area contributed by atoms with Gasteiger partial charge in [-0.1, -0.05) is 17.7 Å². The van der Waals surface area contributed by atoms with Crippen molar-refractivity contribution in [2.24, 2.45) is 0 Å². The fourth-order valence-corrected chi connectivity index (χ4v) is 3.51. The smallest absolute Gasteiger partial charge is 0.383 e. The van der Waals surface area contributed by atoms with E-state index in [0.717, 1.165) is 0 Å². The van der Waals surface area contributed by atoms with Crippen LogP contribution in [-0.2, 0) is 4.79 Å². The molecule has 0 unspecified atom stereocenters. The molecule has 33 heavy (non-hydrogen) atoms. The van der Waals surface area contributed by atoms with Crippen molar-refractivity contribution in [2.45, 2.75) is 11.1 Å². The lowest BCUT2D eigenvalue weighted by Crippen LogP contribution is -2.30. The van der Waals surface area contributed by atoms with Crippen LogP contribution in [0.15, 0.2) is 53.4 Å². The number of nitrogen functional groups attached to an aromatic ring is 1. The van der Waals surface area contributed by atoms with Crippen LogP contribution in [0.5, 0.6) is 0 Å². The van der Waals surface area contributed by atoms with E-state index in [1.54, 1.807) is 35.8 Å². The van der Waals surface area contributed by atoms with Gasteiger partial charge in [0.15, 0.2) is 5.82 Å². The molecule has 0 aliphatic rings. The quantitative estimate of drug-likeness (QED) is 0.283. The minimum atomic E-state index is -5.02. The molecule has 0 aliphatic heterocycles. The van der Waals surface area contributed by atoms with E-state index >= 15 is 0 Å². The first-order valence-electron chi connectivity index (χ1n) is 9.10. The number of alkyl halides is 3. The Kier molecular flexibility index (Phi) is 7.29. The van der Waals surface area contributed by atoms with E-state index < -0.39 is 18.1 Å². The third kappa shape index (κ3) is 6.26. The summed E-state index contributed by atoms with van der Waals surface area (Å²) in [5, 5.41) is 7.01. The summed E-state index contributed by atoms with van der Waals surface area (Å²) < 4.78 is 37.2. The second kappa shape index (κ2) is 9.96. The highest BCUT2D eigenvalue weighted by Gasteiger charge is 2.38. The molecular weight excluding hydrogens is 481 g/mol. The van der Waals surface area contributed by atoms with E-state index in [-0.39, 0.29) is 22.3 Å². The van der Waals surface area contributed by atoms with Crippen LogP contribution in [0.25, 0.3) is 11.4 Å². The Labute approximate surface area is 195 Å². The summed E-state index contributed by atoms with van der Waals surface area (Å²) in [5.41, 5.74) is 7.00. The third-order valence-corrected chi connectivity index (χ3v) is 5.29. The summed E-state index contributed by atoms with van der Waals surface area (Å²) in [6.07, 6.45) is -3.22. The fraction of sp³-hybridized carbons (Fsp3) is 0.100. The van der Waals surface area contributed by atoms with Gasteiger partial charge in [-0.05, 0) is 48.7 Å². The first-order chi connectivity index (χ1) is 15.6. The van der Waals surface area contributed by atoms with Crippen LogP contribution >= 0.6 is 23.4 Å². The highest BCUT2D eigenvalue weighted by Crippen LogP contribution is 2.31. The van der Waals surface area contributed by atoms with Crippen molar-refractivity contribution < 1.29 is 22.8 Å². The van der Waals surface area contributed by atoms with E-state index in [9.17, 15) is 22.8 Å². The predicted octanol–water partition coefficient (Wildman–Crippen LogP) is 5.25. The number of urea groups is 1. The van der Waals surface area contributed by atoms with Gasteiger partial charge < -0.3 is 21.7 Å². The van der Waals surface area contributed by atoms with Crippen LogP contribution < -0.4 is 21.7 Å². The zero-order chi connectivity index (χ0) is 24.2. The molecular formula is C20H16ClF3N6O2S. The molecule has 0 fully saturated rings. The molecule has 3 aromatic rings. The molecule has 0 saturated heterocycles.